The first-order valence-electron chi connectivity index (χ1n) is 8.11. The van der Waals surface area contributed by atoms with Crippen LogP contribution in [0.3, 0.4) is 0 Å². The minimum Gasteiger partial charge on any atom is -0.493 e. The highest BCUT2D eigenvalue weighted by Crippen LogP contribution is 2.36. The van der Waals surface area contributed by atoms with Gasteiger partial charge in [0.2, 0.25) is 0 Å². The van der Waals surface area contributed by atoms with Gasteiger partial charge in [0.25, 0.3) is 0 Å². The fraction of sp³-hybridized carbons (Fsp3) is 0.667. The van der Waals surface area contributed by atoms with Gasteiger partial charge in [-0.25, -0.2) is 0 Å². The first kappa shape index (κ1) is 16.0. The average Bonchev–Trinajstić information content (AvgIpc) is 2.61. The van der Waals surface area contributed by atoms with E-state index < -0.39 is 0 Å². The standard InChI is InChI=1S/C18H29NO2/c1-5-21-17-13-15(8-9-16(17)20-4)19-14-7-6-11-18(2,3)12-10-14/h8-9,13-14,19H,5-7,10-12H2,1-4H3. The van der Waals surface area contributed by atoms with Gasteiger partial charge in [-0.3, -0.25) is 0 Å². The van der Waals surface area contributed by atoms with E-state index in [0.717, 1.165) is 17.2 Å². The van der Waals surface area contributed by atoms with Crippen molar-refractivity contribution in [2.75, 3.05) is 19.0 Å². The SMILES string of the molecule is CCOc1cc(NC2CCCC(C)(C)CC2)ccc1OC. The van der Waals surface area contributed by atoms with Gasteiger partial charge in [0.15, 0.2) is 11.5 Å². The van der Waals surface area contributed by atoms with Gasteiger partial charge in [-0.2, -0.15) is 0 Å². The zero-order valence-corrected chi connectivity index (χ0v) is 13.9. The summed E-state index contributed by atoms with van der Waals surface area (Å²) < 4.78 is 11.0. The molecular weight excluding hydrogens is 262 g/mol. The molecule has 0 spiro atoms. The molecule has 3 heteroatoms. The van der Waals surface area contributed by atoms with Crippen molar-refractivity contribution < 1.29 is 9.47 Å². The predicted octanol–water partition coefficient (Wildman–Crippen LogP) is 4.86. The zero-order valence-electron chi connectivity index (χ0n) is 13.9. The van der Waals surface area contributed by atoms with Crippen LogP contribution in [0.2, 0.25) is 0 Å². The first-order chi connectivity index (χ1) is 10.0. The lowest BCUT2D eigenvalue weighted by Gasteiger charge is -2.22. The summed E-state index contributed by atoms with van der Waals surface area (Å²) >= 11 is 0. The Morgan fingerprint density at radius 3 is 2.71 bits per heavy atom. The maximum atomic E-state index is 5.65. The molecule has 3 nitrogen and oxygen atoms in total. The minimum atomic E-state index is 0.493. The van der Waals surface area contributed by atoms with E-state index in [2.05, 4.69) is 31.3 Å². The highest BCUT2D eigenvalue weighted by atomic mass is 16.5. The average molecular weight is 291 g/mol. The molecule has 0 aliphatic heterocycles. The largest absolute Gasteiger partial charge is 0.493 e. The summed E-state index contributed by atoms with van der Waals surface area (Å²) in [4.78, 5) is 0. The van der Waals surface area contributed by atoms with Gasteiger partial charge in [-0.1, -0.05) is 20.3 Å². The molecule has 1 aliphatic rings. The van der Waals surface area contributed by atoms with Crippen LogP contribution in [0.4, 0.5) is 5.69 Å². The van der Waals surface area contributed by atoms with Crippen molar-refractivity contribution in [3.05, 3.63) is 18.2 Å². The van der Waals surface area contributed by atoms with E-state index in [9.17, 15) is 0 Å². The van der Waals surface area contributed by atoms with Crippen LogP contribution in [-0.4, -0.2) is 19.8 Å². The van der Waals surface area contributed by atoms with Gasteiger partial charge in [-0.05, 0) is 50.2 Å². The summed E-state index contributed by atoms with van der Waals surface area (Å²) in [5.74, 6) is 1.61. The lowest BCUT2D eigenvalue weighted by atomic mass is 9.85. The molecule has 21 heavy (non-hydrogen) atoms. The molecule has 0 amide bonds. The number of rotatable bonds is 5. The predicted molar refractivity (Wildman–Crippen MR) is 88.4 cm³/mol. The summed E-state index contributed by atoms with van der Waals surface area (Å²) in [6.07, 6.45) is 6.42. The van der Waals surface area contributed by atoms with Crippen LogP contribution >= 0.6 is 0 Å². The summed E-state index contributed by atoms with van der Waals surface area (Å²) in [7, 11) is 1.68. The molecule has 1 aromatic carbocycles. The van der Waals surface area contributed by atoms with E-state index in [1.807, 2.05) is 13.0 Å². The topological polar surface area (TPSA) is 30.5 Å². The zero-order chi connectivity index (χ0) is 15.3. The monoisotopic (exact) mass is 291 g/mol. The molecule has 1 aliphatic carbocycles. The molecule has 118 valence electrons. The Kier molecular flexibility index (Phi) is 5.38. The van der Waals surface area contributed by atoms with Crippen LogP contribution in [0.25, 0.3) is 0 Å². The van der Waals surface area contributed by atoms with Crippen molar-refractivity contribution in [2.45, 2.75) is 58.9 Å². The Morgan fingerprint density at radius 1 is 1.19 bits per heavy atom. The number of anilines is 1. The number of benzene rings is 1. The lowest BCUT2D eigenvalue weighted by molar-refractivity contribution is 0.311. The van der Waals surface area contributed by atoms with Crippen molar-refractivity contribution in [1.29, 1.82) is 0 Å². The number of methoxy groups -OCH3 is 1. The molecule has 1 saturated carbocycles. The van der Waals surface area contributed by atoms with Crippen LogP contribution in [-0.2, 0) is 0 Å². The van der Waals surface area contributed by atoms with E-state index in [-0.39, 0.29) is 0 Å². The fourth-order valence-corrected chi connectivity index (χ4v) is 3.08. The number of nitrogens with one attached hydrogen (secondary N) is 1. The second-order valence-corrected chi connectivity index (χ2v) is 6.74. The van der Waals surface area contributed by atoms with Crippen molar-refractivity contribution >= 4 is 5.69 Å². The van der Waals surface area contributed by atoms with Crippen molar-refractivity contribution in [2.24, 2.45) is 5.41 Å². The minimum absolute atomic E-state index is 0.493. The second kappa shape index (κ2) is 7.06. The Balaban J connectivity index is 2.03. The molecule has 0 aromatic heterocycles. The van der Waals surface area contributed by atoms with Gasteiger partial charge in [-0.15, -0.1) is 0 Å². The second-order valence-electron chi connectivity index (χ2n) is 6.74. The molecule has 0 bridgehead atoms. The maximum Gasteiger partial charge on any atom is 0.163 e. The van der Waals surface area contributed by atoms with Crippen LogP contribution < -0.4 is 14.8 Å². The summed E-state index contributed by atoms with van der Waals surface area (Å²) in [6, 6.07) is 6.68. The molecule has 1 fully saturated rings. The van der Waals surface area contributed by atoms with Crippen LogP contribution in [0, 0.1) is 5.41 Å². The molecule has 0 radical (unpaired) electrons. The van der Waals surface area contributed by atoms with E-state index in [1.165, 1.54) is 32.1 Å². The van der Waals surface area contributed by atoms with Crippen molar-refractivity contribution in [3.8, 4) is 11.5 Å². The smallest absolute Gasteiger partial charge is 0.163 e. The lowest BCUT2D eigenvalue weighted by Crippen LogP contribution is -2.19. The third-order valence-corrected chi connectivity index (χ3v) is 4.41. The van der Waals surface area contributed by atoms with E-state index in [1.54, 1.807) is 7.11 Å². The highest BCUT2D eigenvalue weighted by Gasteiger charge is 2.24. The summed E-state index contributed by atoms with van der Waals surface area (Å²) in [5, 5.41) is 3.67. The van der Waals surface area contributed by atoms with Crippen LogP contribution in [0.15, 0.2) is 18.2 Å². The molecule has 1 atom stereocenters. The van der Waals surface area contributed by atoms with Gasteiger partial charge in [0.1, 0.15) is 0 Å². The van der Waals surface area contributed by atoms with Crippen molar-refractivity contribution in [1.82, 2.24) is 0 Å². The van der Waals surface area contributed by atoms with E-state index in [4.69, 9.17) is 9.47 Å². The van der Waals surface area contributed by atoms with Crippen molar-refractivity contribution in [3.63, 3.8) is 0 Å². The molecular formula is C18H29NO2. The fourth-order valence-electron chi connectivity index (χ4n) is 3.08. The molecule has 1 unspecified atom stereocenters. The maximum absolute atomic E-state index is 5.65. The summed E-state index contributed by atoms with van der Waals surface area (Å²) in [6.45, 7) is 7.41. The molecule has 1 N–H and O–H groups in total. The van der Waals surface area contributed by atoms with Gasteiger partial charge in [0, 0.05) is 17.8 Å². The number of hydrogen-bond donors (Lipinski definition) is 1. The third kappa shape index (κ3) is 4.55. The Labute approximate surface area is 129 Å². The number of ether oxygens (including phenoxy) is 2. The molecule has 0 heterocycles. The third-order valence-electron chi connectivity index (χ3n) is 4.41. The Bertz CT molecular complexity index is 457. The Hall–Kier alpha value is -1.38. The van der Waals surface area contributed by atoms with E-state index >= 15 is 0 Å². The first-order valence-corrected chi connectivity index (χ1v) is 8.11. The summed E-state index contributed by atoms with van der Waals surface area (Å²) in [5.41, 5.74) is 1.62. The Morgan fingerprint density at radius 2 is 2.00 bits per heavy atom. The molecule has 2 rings (SSSR count). The highest BCUT2D eigenvalue weighted by molar-refractivity contribution is 5.55. The normalized spacial score (nSPS) is 21.4. The van der Waals surface area contributed by atoms with E-state index in [0.29, 0.717) is 18.1 Å². The number of hydrogen-bond acceptors (Lipinski definition) is 3. The quantitative estimate of drug-likeness (QED) is 0.785. The van der Waals surface area contributed by atoms with Crippen LogP contribution in [0.5, 0.6) is 11.5 Å². The van der Waals surface area contributed by atoms with Gasteiger partial charge in [0.05, 0.1) is 13.7 Å². The van der Waals surface area contributed by atoms with Crippen LogP contribution in [0.1, 0.15) is 52.9 Å². The molecule has 1 aromatic rings. The van der Waals surface area contributed by atoms with Gasteiger partial charge >= 0.3 is 0 Å². The molecule has 0 saturated heterocycles. The van der Waals surface area contributed by atoms with Gasteiger partial charge < -0.3 is 14.8 Å².